The van der Waals surface area contributed by atoms with Gasteiger partial charge in [-0.25, -0.2) is 0 Å². The van der Waals surface area contributed by atoms with Crippen LogP contribution in [0.1, 0.15) is 0 Å². The molecular formula is C15H17N4O2UV-. The Hall–Kier alpha value is -0.574. The van der Waals surface area contributed by atoms with Gasteiger partial charge in [0.15, 0.2) is 0 Å². The van der Waals surface area contributed by atoms with Crippen LogP contribution < -0.4 is 14.4 Å². The Labute approximate surface area is 168 Å². The molecule has 119 valence electrons. The molecule has 0 bridgehead atoms. The molecule has 1 fully saturated rings. The van der Waals surface area contributed by atoms with E-state index in [4.69, 9.17) is 9.47 Å². The number of benzene rings is 1. The van der Waals surface area contributed by atoms with Crippen LogP contribution in [0.25, 0.3) is 10.9 Å². The molecule has 0 radical (unpaired) electrons. The molecule has 1 aromatic carbocycles. The quantitative estimate of drug-likeness (QED) is 0.508. The van der Waals surface area contributed by atoms with E-state index >= 15 is 0 Å². The molecule has 0 spiro atoms. The number of hydrogen-bond donors (Lipinski definition) is 0. The molecule has 1 aromatic heterocycles. The number of anilines is 1. The van der Waals surface area contributed by atoms with Crippen LogP contribution in [0.2, 0.25) is 0 Å². The summed E-state index contributed by atoms with van der Waals surface area (Å²) in [6.45, 7) is 3.69. The number of methoxy groups -OCH3 is 2. The monoisotopic (exact) mass is 574 g/mol. The second kappa shape index (κ2) is 8.50. The maximum atomic E-state index is 5.40. The standard InChI is InChI=1S/C15H17N4O2.U.V/c1-18-4-6-19(7-5-18)15-11-8-13(20-2)14(21-3)9-12(11)16-10-17-15;;/h8-10H,4-7H2,2-3H3;;/q-1;;. The van der Waals surface area contributed by atoms with Crippen LogP contribution >= 0.6 is 0 Å². The predicted octanol–water partition coefficient (Wildman–Crippen LogP) is 0.953. The summed E-state index contributed by atoms with van der Waals surface area (Å²) in [5, 5.41) is 0.980. The normalized spacial score (nSPS) is 15.1. The van der Waals surface area contributed by atoms with Gasteiger partial charge in [-0.15, -0.1) is 0 Å². The van der Waals surface area contributed by atoms with E-state index in [1.54, 1.807) is 20.5 Å². The van der Waals surface area contributed by atoms with Crippen LogP contribution in [0.15, 0.2) is 18.5 Å². The average molecular weight is 574 g/mol. The topological polar surface area (TPSA) is 50.7 Å². The van der Waals surface area contributed by atoms with E-state index in [1.165, 1.54) is 0 Å². The Morgan fingerprint density at radius 1 is 1.04 bits per heavy atom. The van der Waals surface area contributed by atoms with Gasteiger partial charge in [0.25, 0.3) is 0 Å². The first kappa shape index (κ1) is 18.8. The van der Waals surface area contributed by atoms with Crippen molar-refractivity contribution in [1.29, 1.82) is 0 Å². The fraction of sp³-hybridized carbons (Fsp3) is 0.400. The molecule has 1 saturated heterocycles. The molecule has 3 rings (SSSR count). The second-order valence-corrected chi connectivity index (χ2v) is 5.31. The molecular weight excluding hydrogens is 557 g/mol. The van der Waals surface area contributed by atoms with Gasteiger partial charge < -0.3 is 0 Å². The Morgan fingerprint density at radius 3 is 2.30 bits per heavy atom. The van der Waals surface area contributed by atoms with E-state index in [0.717, 1.165) is 42.9 Å². The molecule has 2 aromatic rings. The van der Waals surface area contributed by atoms with Gasteiger partial charge in [-0.3, -0.25) is 0 Å². The molecule has 0 saturated carbocycles. The number of hydrogen-bond acceptors (Lipinski definition) is 6. The zero-order valence-corrected chi connectivity index (χ0v) is 18.7. The summed E-state index contributed by atoms with van der Waals surface area (Å²) in [5.41, 5.74) is 0.857. The molecule has 0 amide bonds. The van der Waals surface area contributed by atoms with Crippen LogP contribution in [0.4, 0.5) is 5.82 Å². The minimum absolute atomic E-state index is 0. The second-order valence-electron chi connectivity index (χ2n) is 5.00. The molecule has 2 heterocycles. The summed E-state index contributed by atoms with van der Waals surface area (Å²) in [7, 11) is 3.26. The van der Waals surface area contributed by atoms with Crippen LogP contribution in [0.5, 0.6) is 11.5 Å². The zero-order chi connectivity index (χ0) is 15.5. The molecule has 0 N–H and O–H groups in total. The fourth-order valence-electron chi connectivity index (χ4n) is 2.64. The average Bonchev–Trinajstić information content (AvgIpc) is 2.60. The number of fused-ring (bicyclic) bond motifs is 1. The van der Waals surface area contributed by atoms with E-state index in [2.05, 4.69) is 41.6 Å². The number of ether oxygens (including phenoxy) is 2. The van der Waals surface area contributed by atoms with Crippen molar-refractivity contribution < 1.29 is 57.6 Å². The number of aromatic nitrogens is 2. The van der Waals surface area contributed by atoms with Crippen molar-refractivity contribution in [2.75, 3.05) is 45.3 Å². The third kappa shape index (κ3) is 3.92. The maximum absolute atomic E-state index is 5.40. The largest absolute Gasteiger partial charge is 0 e. The molecule has 1 aliphatic rings. The first-order valence-electron chi connectivity index (χ1n) is 7.03. The SMILES string of the molecule is COc1cc2ncnc(N3CCN([C-]=[V])CC3)c2cc1OC.[U]. The van der Waals surface area contributed by atoms with E-state index in [1.807, 2.05) is 12.1 Å². The van der Waals surface area contributed by atoms with Crippen molar-refractivity contribution >= 4 is 21.6 Å². The third-order valence-corrected chi connectivity index (χ3v) is 4.28. The van der Waals surface area contributed by atoms with Gasteiger partial charge in [-0.2, -0.15) is 0 Å². The predicted molar refractivity (Wildman–Crippen MR) is 81.4 cm³/mol. The van der Waals surface area contributed by atoms with Gasteiger partial charge in [0.2, 0.25) is 0 Å². The first-order chi connectivity index (χ1) is 10.8. The van der Waals surface area contributed by atoms with Crippen LogP contribution in [-0.2, 0) is 17.0 Å². The van der Waals surface area contributed by atoms with E-state index < -0.39 is 0 Å². The zero-order valence-electron chi connectivity index (χ0n) is 13.1. The number of rotatable bonds is 4. The summed E-state index contributed by atoms with van der Waals surface area (Å²) in [4.78, 5) is 16.4. The van der Waals surface area contributed by atoms with Gasteiger partial charge >= 0.3 is 138 Å². The summed E-state index contributed by atoms with van der Waals surface area (Å²) in [5.74, 6) is 2.31. The molecule has 0 atom stereocenters. The van der Waals surface area contributed by atoms with Gasteiger partial charge in [0.05, 0.1) is 0 Å². The fourth-order valence-corrected chi connectivity index (χ4v) is 2.95. The van der Waals surface area contributed by atoms with Crippen LogP contribution in [0.3, 0.4) is 0 Å². The van der Waals surface area contributed by atoms with Gasteiger partial charge in [0, 0.05) is 31.1 Å². The summed E-state index contributed by atoms with van der Waals surface area (Å²) in [6, 6.07) is 3.84. The van der Waals surface area contributed by atoms with E-state index in [-0.39, 0.29) is 31.1 Å². The Balaban J connectivity index is 0.00000192. The van der Waals surface area contributed by atoms with Crippen molar-refractivity contribution in [3.63, 3.8) is 0 Å². The number of piperazine rings is 1. The Morgan fingerprint density at radius 2 is 1.70 bits per heavy atom. The van der Waals surface area contributed by atoms with E-state index in [0.29, 0.717) is 11.5 Å². The smallest absolute Gasteiger partial charge is 0 e. The van der Waals surface area contributed by atoms with Crippen molar-refractivity contribution in [2.24, 2.45) is 0 Å². The van der Waals surface area contributed by atoms with E-state index in [9.17, 15) is 0 Å². The molecule has 8 heteroatoms. The van der Waals surface area contributed by atoms with Crippen molar-refractivity contribution in [1.82, 2.24) is 14.9 Å². The maximum Gasteiger partial charge on any atom is 0 e. The van der Waals surface area contributed by atoms with Gasteiger partial charge in [-0.1, -0.05) is 0 Å². The Kier molecular flexibility index (Phi) is 6.94. The third-order valence-electron chi connectivity index (χ3n) is 3.84. The van der Waals surface area contributed by atoms with Crippen LogP contribution in [0, 0.1) is 31.1 Å². The summed E-state index contributed by atoms with van der Waals surface area (Å²) >= 11 is 2.39. The van der Waals surface area contributed by atoms with Gasteiger partial charge in [0.1, 0.15) is 0 Å². The molecule has 23 heavy (non-hydrogen) atoms. The van der Waals surface area contributed by atoms with Crippen molar-refractivity contribution in [3.05, 3.63) is 18.5 Å². The minimum Gasteiger partial charge on any atom is 0 e. The Bertz CT molecular complexity index is 692. The van der Waals surface area contributed by atoms with Crippen molar-refractivity contribution in [3.8, 4) is 11.5 Å². The van der Waals surface area contributed by atoms with Crippen molar-refractivity contribution in [2.45, 2.75) is 0 Å². The minimum atomic E-state index is 0. The molecule has 0 aliphatic carbocycles. The van der Waals surface area contributed by atoms with Crippen LogP contribution in [-0.4, -0.2) is 60.1 Å². The van der Waals surface area contributed by atoms with Gasteiger partial charge in [-0.05, 0) is 0 Å². The summed E-state index contributed by atoms with van der Waals surface area (Å²) in [6.07, 6.45) is 1.60. The molecule has 1 aliphatic heterocycles. The summed E-state index contributed by atoms with van der Waals surface area (Å²) < 4.78 is 10.7. The molecule has 0 unspecified atom stereocenters. The number of nitrogens with zero attached hydrogens (tertiary/aromatic N) is 4. The molecule has 6 nitrogen and oxygen atoms in total. The first-order valence-corrected chi connectivity index (χ1v) is 7.73.